The molecule has 0 aliphatic carbocycles. The number of carbonyl (C=O) groups excluding carboxylic acids is 1. The van der Waals surface area contributed by atoms with Gasteiger partial charge in [-0.2, -0.15) is 0 Å². The Bertz CT molecular complexity index is 473. The van der Waals surface area contributed by atoms with E-state index in [-0.39, 0.29) is 5.91 Å². The molecule has 1 N–H and O–H groups in total. The highest BCUT2D eigenvalue weighted by Crippen LogP contribution is 2.29. The van der Waals surface area contributed by atoms with Gasteiger partial charge in [0.15, 0.2) is 0 Å². The largest absolute Gasteiger partial charge is 0.495 e. The lowest BCUT2D eigenvalue weighted by Crippen LogP contribution is -2.50. The Morgan fingerprint density at radius 3 is 2.65 bits per heavy atom. The van der Waals surface area contributed by atoms with Crippen LogP contribution >= 0.6 is 11.6 Å². The number of anilines is 1. The molecule has 0 radical (unpaired) electrons. The van der Waals surface area contributed by atoms with Crippen LogP contribution in [0.25, 0.3) is 0 Å². The summed E-state index contributed by atoms with van der Waals surface area (Å²) in [7, 11) is 3.40. The molecule has 0 spiro atoms. The topological polar surface area (TPSA) is 44.8 Å². The first-order valence-corrected chi connectivity index (χ1v) is 7.04. The molecule has 110 valence electrons. The molecule has 0 saturated carbocycles. The molecule has 0 aromatic heterocycles. The fourth-order valence-corrected chi connectivity index (χ4v) is 2.52. The molecule has 0 atom stereocenters. The number of hydrogen-bond donors (Lipinski definition) is 1. The van der Waals surface area contributed by atoms with Crippen molar-refractivity contribution >= 4 is 23.2 Å². The first-order chi connectivity index (χ1) is 9.65. The lowest BCUT2D eigenvalue weighted by atomic mass is 10.2. The molecule has 0 unspecified atom stereocenters. The van der Waals surface area contributed by atoms with E-state index in [1.54, 1.807) is 14.2 Å². The number of likely N-dealkylation sites (N-methyl/N-ethyl adjacent to an activating group) is 1. The molecule has 20 heavy (non-hydrogen) atoms. The zero-order valence-electron chi connectivity index (χ0n) is 11.9. The van der Waals surface area contributed by atoms with Crippen LogP contribution < -0.4 is 15.0 Å². The number of rotatable bonds is 4. The van der Waals surface area contributed by atoms with Gasteiger partial charge >= 0.3 is 0 Å². The van der Waals surface area contributed by atoms with Gasteiger partial charge in [-0.3, -0.25) is 4.79 Å². The fourth-order valence-electron chi connectivity index (χ4n) is 2.32. The van der Waals surface area contributed by atoms with Crippen LogP contribution in [0.3, 0.4) is 0 Å². The molecule has 1 amide bonds. The molecule has 1 aliphatic heterocycles. The van der Waals surface area contributed by atoms with E-state index >= 15 is 0 Å². The third-order valence-electron chi connectivity index (χ3n) is 3.46. The number of nitrogens with zero attached hydrogens (tertiary/aromatic N) is 2. The quantitative estimate of drug-likeness (QED) is 0.907. The van der Waals surface area contributed by atoms with Gasteiger partial charge in [0.1, 0.15) is 5.75 Å². The van der Waals surface area contributed by atoms with Gasteiger partial charge in [-0.1, -0.05) is 11.6 Å². The van der Waals surface area contributed by atoms with Crippen molar-refractivity contribution < 1.29 is 9.53 Å². The van der Waals surface area contributed by atoms with Crippen molar-refractivity contribution in [3.8, 4) is 5.75 Å². The number of nitrogens with one attached hydrogen (secondary N) is 1. The van der Waals surface area contributed by atoms with Crippen LogP contribution in [0.15, 0.2) is 18.2 Å². The molecule has 1 aromatic rings. The number of benzene rings is 1. The van der Waals surface area contributed by atoms with E-state index in [1.807, 2.05) is 23.1 Å². The Labute approximate surface area is 124 Å². The summed E-state index contributed by atoms with van der Waals surface area (Å²) in [6.07, 6.45) is 0. The summed E-state index contributed by atoms with van der Waals surface area (Å²) in [4.78, 5) is 15.9. The maximum atomic E-state index is 11.8. The van der Waals surface area contributed by atoms with Crippen LogP contribution in [-0.2, 0) is 4.79 Å². The fraction of sp³-hybridized carbons (Fsp3) is 0.500. The van der Waals surface area contributed by atoms with E-state index in [9.17, 15) is 4.79 Å². The highest BCUT2D eigenvalue weighted by Gasteiger charge is 2.21. The molecular formula is C14H20ClN3O2. The average molecular weight is 298 g/mol. The minimum Gasteiger partial charge on any atom is -0.495 e. The van der Waals surface area contributed by atoms with Gasteiger partial charge in [0.25, 0.3) is 0 Å². The molecule has 1 aliphatic rings. The van der Waals surface area contributed by atoms with E-state index < -0.39 is 0 Å². The van der Waals surface area contributed by atoms with Crippen molar-refractivity contribution in [2.75, 3.05) is 51.8 Å². The predicted molar refractivity (Wildman–Crippen MR) is 80.7 cm³/mol. The summed E-state index contributed by atoms with van der Waals surface area (Å²) >= 11 is 6.03. The standard InChI is InChI=1S/C14H20ClN3O2/c1-16-10-14(19)18-7-5-17(6-8-18)11-3-4-12(15)13(9-11)20-2/h3-4,9,16H,5-8,10H2,1-2H3. The molecule has 1 aromatic carbocycles. The zero-order chi connectivity index (χ0) is 14.5. The highest BCUT2D eigenvalue weighted by atomic mass is 35.5. The van der Waals surface area contributed by atoms with Gasteiger partial charge in [0, 0.05) is 37.9 Å². The Morgan fingerprint density at radius 2 is 2.05 bits per heavy atom. The normalized spacial score (nSPS) is 15.3. The zero-order valence-corrected chi connectivity index (χ0v) is 12.6. The van der Waals surface area contributed by atoms with E-state index in [0.717, 1.165) is 31.9 Å². The summed E-state index contributed by atoms with van der Waals surface area (Å²) in [5, 5.41) is 3.50. The van der Waals surface area contributed by atoms with Gasteiger partial charge in [0.2, 0.25) is 5.91 Å². The number of hydrogen-bond acceptors (Lipinski definition) is 4. The molecule has 1 heterocycles. The van der Waals surface area contributed by atoms with Crippen LogP contribution in [0.4, 0.5) is 5.69 Å². The Morgan fingerprint density at radius 1 is 1.35 bits per heavy atom. The average Bonchev–Trinajstić information content (AvgIpc) is 2.48. The molecule has 6 heteroatoms. The van der Waals surface area contributed by atoms with Crippen LogP contribution in [0.5, 0.6) is 5.75 Å². The van der Waals surface area contributed by atoms with Crippen LogP contribution in [0, 0.1) is 0 Å². The number of methoxy groups -OCH3 is 1. The minimum atomic E-state index is 0.154. The SMILES string of the molecule is CNCC(=O)N1CCN(c2ccc(Cl)c(OC)c2)CC1. The number of ether oxygens (including phenoxy) is 1. The van der Waals surface area contributed by atoms with Crippen molar-refractivity contribution in [1.29, 1.82) is 0 Å². The number of piperazine rings is 1. The number of carbonyl (C=O) groups is 1. The number of halogens is 1. The Hall–Kier alpha value is -1.46. The van der Waals surface area contributed by atoms with Crippen LogP contribution in [-0.4, -0.2) is 57.7 Å². The van der Waals surface area contributed by atoms with Crippen LogP contribution in [0.2, 0.25) is 5.02 Å². The van der Waals surface area contributed by atoms with Crippen molar-refractivity contribution in [3.63, 3.8) is 0 Å². The highest BCUT2D eigenvalue weighted by molar-refractivity contribution is 6.32. The second-order valence-corrected chi connectivity index (χ2v) is 5.12. The van der Waals surface area contributed by atoms with Crippen LogP contribution in [0.1, 0.15) is 0 Å². The summed E-state index contributed by atoms with van der Waals surface area (Å²) in [6.45, 7) is 3.52. The van der Waals surface area contributed by atoms with Crippen molar-refractivity contribution in [2.24, 2.45) is 0 Å². The Balaban J connectivity index is 1.98. The molecule has 0 bridgehead atoms. The van der Waals surface area contributed by atoms with Gasteiger partial charge in [-0.15, -0.1) is 0 Å². The predicted octanol–water partition coefficient (Wildman–Crippen LogP) is 1.22. The summed E-state index contributed by atoms with van der Waals surface area (Å²) in [6, 6.07) is 5.76. The van der Waals surface area contributed by atoms with Gasteiger partial charge in [-0.25, -0.2) is 0 Å². The van der Waals surface area contributed by atoms with E-state index in [1.165, 1.54) is 0 Å². The molecule has 5 nitrogen and oxygen atoms in total. The minimum absolute atomic E-state index is 0.154. The second-order valence-electron chi connectivity index (χ2n) is 4.72. The van der Waals surface area contributed by atoms with Gasteiger partial charge in [0.05, 0.1) is 18.7 Å². The van der Waals surface area contributed by atoms with Gasteiger partial charge in [-0.05, 0) is 19.2 Å². The Kier molecular flexibility index (Phi) is 5.09. The lowest BCUT2D eigenvalue weighted by Gasteiger charge is -2.36. The second kappa shape index (κ2) is 6.81. The van der Waals surface area contributed by atoms with Crippen molar-refractivity contribution in [3.05, 3.63) is 23.2 Å². The lowest BCUT2D eigenvalue weighted by molar-refractivity contribution is -0.130. The van der Waals surface area contributed by atoms with Gasteiger partial charge < -0.3 is 19.9 Å². The maximum Gasteiger partial charge on any atom is 0.236 e. The molecule has 2 rings (SSSR count). The first-order valence-electron chi connectivity index (χ1n) is 6.66. The molecular weight excluding hydrogens is 278 g/mol. The molecule has 1 fully saturated rings. The van der Waals surface area contributed by atoms with E-state index in [2.05, 4.69) is 10.2 Å². The number of amides is 1. The summed E-state index contributed by atoms with van der Waals surface area (Å²) in [5.41, 5.74) is 1.08. The molecule has 1 saturated heterocycles. The van der Waals surface area contributed by atoms with Crippen molar-refractivity contribution in [1.82, 2.24) is 10.2 Å². The third kappa shape index (κ3) is 3.35. The van der Waals surface area contributed by atoms with E-state index in [0.29, 0.717) is 17.3 Å². The monoisotopic (exact) mass is 297 g/mol. The smallest absolute Gasteiger partial charge is 0.236 e. The maximum absolute atomic E-state index is 11.8. The summed E-state index contributed by atoms with van der Waals surface area (Å²) in [5.74, 6) is 0.832. The third-order valence-corrected chi connectivity index (χ3v) is 3.77. The van der Waals surface area contributed by atoms with Crippen molar-refractivity contribution in [2.45, 2.75) is 0 Å². The first kappa shape index (κ1) is 14.9. The summed E-state index contributed by atoms with van der Waals surface area (Å²) < 4.78 is 5.24. The van der Waals surface area contributed by atoms with E-state index in [4.69, 9.17) is 16.3 Å².